The van der Waals surface area contributed by atoms with Gasteiger partial charge in [-0.1, -0.05) is 6.07 Å². The van der Waals surface area contributed by atoms with E-state index < -0.39 is 0 Å². The van der Waals surface area contributed by atoms with E-state index in [2.05, 4.69) is 5.32 Å². The van der Waals surface area contributed by atoms with E-state index in [9.17, 15) is 4.79 Å². The van der Waals surface area contributed by atoms with Gasteiger partial charge in [-0.15, -0.1) is 0 Å². The number of thioether (sulfide) groups is 1. The zero-order valence-corrected chi connectivity index (χ0v) is 13.4. The molecule has 0 spiro atoms. The zero-order chi connectivity index (χ0) is 15.1. The van der Waals surface area contributed by atoms with Crippen molar-refractivity contribution in [2.24, 2.45) is 0 Å². The van der Waals surface area contributed by atoms with Gasteiger partial charge < -0.3 is 15.8 Å². The summed E-state index contributed by atoms with van der Waals surface area (Å²) >= 11 is 1.97. The highest BCUT2D eigenvalue weighted by Crippen LogP contribution is 2.23. The highest BCUT2D eigenvalue weighted by molar-refractivity contribution is 7.99. The molecule has 1 amide bonds. The Balaban J connectivity index is 1.66. The predicted octanol–water partition coefficient (Wildman–Crippen LogP) is 3.21. The van der Waals surface area contributed by atoms with Crippen molar-refractivity contribution < 1.29 is 9.53 Å². The first kappa shape index (κ1) is 16.2. The molecule has 1 aliphatic heterocycles. The second-order valence-corrected chi connectivity index (χ2v) is 6.82. The van der Waals surface area contributed by atoms with Gasteiger partial charge in [0.25, 0.3) is 0 Å². The molecular formula is C16H24N2O2S. The second-order valence-electron chi connectivity index (χ2n) is 5.41. The van der Waals surface area contributed by atoms with Crippen molar-refractivity contribution in [3.8, 4) is 0 Å². The smallest absolute Gasteiger partial charge is 0.224 e. The van der Waals surface area contributed by atoms with Crippen molar-refractivity contribution in [2.75, 3.05) is 30.0 Å². The number of ether oxygens (including phenoxy) is 1. The van der Waals surface area contributed by atoms with Crippen LogP contribution in [-0.4, -0.2) is 30.1 Å². The Morgan fingerprint density at radius 2 is 2.19 bits per heavy atom. The van der Waals surface area contributed by atoms with Gasteiger partial charge in [-0.2, -0.15) is 11.8 Å². The Morgan fingerprint density at radius 1 is 1.43 bits per heavy atom. The number of benzene rings is 1. The molecule has 1 fully saturated rings. The monoisotopic (exact) mass is 308 g/mol. The lowest BCUT2D eigenvalue weighted by Crippen LogP contribution is -2.18. The van der Waals surface area contributed by atoms with Crippen molar-refractivity contribution in [1.29, 1.82) is 0 Å². The minimum absolute atomic E-state index is 0.0660. The summed E-state index contributed by atoms with van der Waals surface area (Å²) in [6, 6.07) is 5.57. The van der Waals surface area contributed by atoms with Gasteiger partial charge in [0.05, 0.1) is 0 Å². The number of nitrogen functional groups attached to an aromatic ring is 1. The van der Waals surface area contributed by atoms with Gasteiger partial charge in [-0.25, -0.2) is 0 Å². The van der Waals surface area contributed by atoms with Crippen LogP contribution in [0.4, 0.5) is 11.4 Å². The van der Waals surface area contributed by atoms with Gasteiger partial charge in [0, 0.05) is 36.3 Å². The summed E-state index contributed by atoms with van der Waals surface area (Å²) in [7, 11) is 0. The molecule has 0 saturated carbocycles. The standard InChI is InChI=1S/C16H24N2O2S/c1-12-4-5-13(17)11-15(12)18-16(19)3-2-10-21-14-6-8-20-9-7-14/h4-5,11,14H,2-3,6-10,17H2,1H3,(H,18,19). The quantitative estimate of drug-likeness (QED) is 0.625. The number of amides is 1. The van der Waals surface area contributed by atoms with Crippen molar-refractivity contribution >= 4 is 29.0 Å². The maximum atomic E-state index is 11.9. The van der Waals surface area contributed by atoms with Crippen LogP contribution in [0.2, 0.25) is 0 Å². The van der Waals surface area contributed by atoms with Crippen LogP contribution < -0.4 is 11.1 Å². The largest absolute Gasteiger partial charge is 0.399 e. The summed E-state index contributed by atoms with van der Waals surface area (Å²) in [6.45, 7) is 3.73. The van der Waals surface area contributed by atoms with Crippen molar-refractivity contribution in [3.05, 3.63) is 23.8 Å². The number of carbonyl (C=O) groups excluding carboxylic acids is 1. The van der Waals surface area contributed by atoms with E-state index in [0.29, 0.717) is 17.4 Å². The Hall–Kier alpha value is -1.20. The fourth-order valence-electron chi connectivity index (χ4n) is 2.31. The zero-order valence-electron chi connectivity index (χ0n) is 12.6. The van der Waals surface area contributed by atoms with Crippen LogP contribution in [0.5, 0.6) is 0 Å². The molecule has 0 bridgehead atoms. The molecule has 4 nitrogen and oxygen atoms in total. The third kappa shape index (κ3) is 5.59. The average Bonchev–Trinajstić information content (AvgIpc) is 2.48. The minimum atomic E-state index is 0.0660. The average molecular weight is 308 g/mol. The number of hydrogen-bond acceptors (Lipinski definition) is 4. The Kier molecular flexibility index (Phi) is 6.39. The van der Waals surface area contributed by atoms with E-state index in [1.165, 1.54) is 0 Å². The van der Waals surface area contributed by atoms with E-state index in [-0.39, 0.29) is 5.91 Å². The molecule has 0 atom stereocenters. The van der Waals surface area contributed by atoms with E-state index in [4.69, 9.17) is 10.5 Å². The number of nitrogens with one attached hydrogen (secondary N) is 1. The molecule has 1 heterocycles. The predicted molar refractivity (Wildman–Crippen MR) is 89.8 cm³/mol. The first-order valence-corrected chi connectivity index (χ1v) is 8.55. The van der Waals surface area contributed by atoms with Gasteiger partial charge in [0.1, 0.15) is 0 Å². The molecule has 1 aliphatic rings. The first-order valence-electron chi connectivity index (χ1n) is 7.50. The molecular weight excluding hydrogens is 284 g/mol. The van der Waals surface area contributed by atoms with Crippen LogP contribution in [-0.2, 0) is 9.53 Å². The third-order valence-corrected chi connectivity index (χ3v) is 5.07. The number of anilines is 2. The van der Waals surface area contributed by atoms with Crippen LogP contribution in [0.25, 0.3) is 0 Å². The molecule has 2 rings (SSSR count). The Bertz CT molecular complexity index is 473. The molecule has 0 aliphatic carbocycles. The van der Waals surface area contributed by atoms with E-state index in [1.54, 1.807) is 0 Å². The van der Waals surface area contributed by atoms with Crippen molar-refractivity contribution in [3.63, 3.8) is 0 Å². The van der Waals surface area contributed by atoms with Gasteiger partial charge in [0.2, 0.25) is 5.91 Å². The van der Waals surface area contributed by atoms with Gasteiger partial charge >= 0.3 is 0 Å². The topological polar surface area (TPSA) is 64.3 Å². The lowest BCUT2D eigenvalue weighted by molar-refractivity contribution is -0.116. The normalized spacial score (nSPS) is 15.9. The lowest BCUT2D eigenvalue weighted by Gasteiger charge is -2.21. The number of nitrogens with two attached hydrogens (primary N) is 1. The molecule has 1 aromatic rings. The summed E-state index contributed by atoms with van der Waals surface area (Å²) in [5.41, 5.74) is 8.27. The molecule has 116 valence electrons. The van der Waals surface area contributed by atoms with E-state index in [1.807, 2.05) is 36.9 Å². The minimum Gasteiger partial charge on any atom is -0.399 e. The highest BCUT2D eigenvalue weighted by atomic mass is 32.2. The summed E-state index contributed by atoms with van der Waals surface area (Å²) in [6.07, 6.45) is 3.75. The molecule has 3 N–H and O–H groups in total. The SMILES string of the molecule is Cc1ccc(N)cc1NC(=O)CCCSC1CCOCC1. The van der Waals surface area contributed by atoms with E-state index >= 15 is 0 Å². The van der Waals surface area contributed by atoms with Gasteiger partial charge in [-0.3, -0.25) is 4.79 Å². The van der Waals surface area contributed by atoms with Crippen LogP contribution in [0, 0.1) is 6.92 Å². The maximum Gasteiger partial charge on any atom is 0.224 e. The number of hydrogen-bond donors (Lipinski definition) is 2. The fraction of sp³-hybridized carbons (Fsp3) is 0.562. The molecule has 5 heteroatoms. The maximum absolute atomic E-state index is 11.9. The lowest BCUT2D eigenvalue weighted by atomic mass is 10.1. The van der Waals surface area contributed by atoms with E-state index in [0.717, 1.165) is 49.5 Å². The number of aryl methyl sites for hydroxylation is 1. The summed E-state index contributed by atoms with van der Waals surface area (Å²) in [5.74, 6) is 1.10. The second kappa shape index (κ2) is 8.29. The van der Waals surface area contributed by atoms with Gasteiger partial charge in [-0.05, 0) is 49.6 Å². The summed E-state index contributed by atoms with van der Waals surface area (Å²) in [4.78, 5) is 11.9. The first-order chi connectivity index (χ1) is 10.1. The molecule has 1 aromatic carbocycles. The Labute approximate surface area is 130 Å². The van der Waals surface area contributed by atoms with Crippen LogP contribution in [0.15, 0.2) is 18.2 Å². The Morgan fingerprint density at radius 3 is 2.95 bits per heavy atom. The number of rotatable bonds is 6. The summed E-state index contributed by atoms with van der Waals surface area (Å²) < 4.78 is 5.34. The molecule has 1 saturated heterocycles. The van der Waals surface area contributed by atoms with Crippen molar-refractivity contribution in [1.82, 2.24) is 0 Å². The number of carbonyl (C=O) groups is 1. The third-order valence-electron chi connectivity index (χ3n) is 3.61. The molecule has 0 aromatic heterocycles. The van der Waals surface area contributed by atoms with Crippen LogP contribution in [0.1, 0.15) is 31.2 Å². The molecule has 0 unspecified atom stereocenters. The highest BCUT2D eigenvalue weighted by Gasteiger charge is 2.14. The molecule has 0 radical (unpaired) electrons. The summed E-state index contributed by atoms with van der Waals surface area (Å²) in [5, 5.41) is 3.65. The van der Waals surface area contributed by atoms with Crippen LogP contribution >= 0.6 is 11.8 Å². The molecule has 21 heavy (non-hydrogen) atoms. The van der Waals surface area contributed by atoms with Crippen molar-refractivity contribution in [2.45, 2.75) is 37.9 Å². The van der Waals surface area contributed by atoms with Crippen LogP contribution in [0.3, 0.4) is 0 Å². The van der Waals surface area contributed by atoms with Gasteiger partial charge in [0.15, 0.2) is 0 Å². The fourth-order valence-corrected chi connectivity index (χ4v) is 3.48.